The van der Waals surface area contributed by atoms with Gasteiger partial charge in [-0.05, 0) is 54.2 Å². The van der Waals surface area contributed by atoms with Crippen molar-refractivity contribution in [3.8, 4) is 16.9 Å². The van der Waals surface area contributed by atoms with Crippen LogP contribution in [0.4, 0.5) is 5.69 Å². The lowest BCUT2D eigenvalue weighted by atomic mass is 10.0. The van der Waals surface area contributed by atoms with Crippen LogP contribution in [0, 0.1) is 0 Å². The van der Waals surface area contributed by atoms with Crippen molar-refractivity contribution < 1.29 is 9.53 Å². The number of carbonyl (C=O) groups excluding carboxylic acids is 1. The summed E-state index contributed by atoms with van der Waals surface area (Å²) < 4.78 is 5.40. The summed E-state index contributed by atoms with van der Waals surface area (Å²) in [7, 11) is 1.65. The second kappa shape index (κ2) is 8.66. The molecule has 0 aromatic heterocycles. The Labute approximate surface area is 168 Å². The van der Waals surface area contributed by atoms with Gasteiger partial charge in [0.2, 0.25) is 0 Å². The number of thiocarbonyl (C=S) groups is 1. The van der Waals surface area contributed by atoms with Crippen molar-refractivity contribution in [1.82, 2.24) is 5.32 Å². The molecule has 0 saturated heterocycles. The van der Waals surface area contributed by atoms with Gasteiger partial charge in [-0.2, -0.15) is 0 Å². The summed E-state index contributed by atoms with van der Waals surface area (Å²) in [4.78, 5) is 12.2. The molecule has 0 spiro atoms. The first-order valence-corrected chi connectivity index (χ1v) is 8.97. The monoisotopic (exact) mass is 396 g/mol. The van der Waals surface area contributed by atoms with E-state index in [0.717, 1.165) is 22.6 Å². The topological polar surface area (TPSA) is 50.4 Å². The Balaban J connectivity index is 1.66. The first-order valence-electron chi connectivity index (χ1n) is 8.18. The number of anilines is 1. The number of hydrogen-bond donors (Lipinski definition) is 2. The number of methoxy groups -OCH3 is 1. The number of rotatable bonds is 4. The van der Waals surface area contributed by atoms with E-state index in [1.54, 1.807) is 31.4 Å². The Hall–Kier alpha value is -2.89. The van der Waals surface area contributed by atoms with Crippen LogP contribution >= 0.6 is 23.8 Å². The number of benzene rings is 3. The Morgan fingerprint density at radius 2 is 1.74 bits per heavy atom. The lowest BCUT2D eigenvalue weighted by Crippen LogP contribution is -2.34. The predicted octanol–water partition coefficient (Wildman–Crippen LogP) is 5.14. The van der Waals surface area contributed by atoms with E-state index in [1.807, 2.05) is 48.5 Å². The molecule has 0 aliphatic rings. The van der Waals surface area contributed by atoms with Gasteiger partial charge in [-0.3, -0.25) is 10.1 Å². The summed E-state index contributed by atoms with van der Waals surface area (Å²) in [6.07, 6.45) is 0. The van der Waals surface area contributed by atoms with E-state index in [9.17, 15) is 4.79 Å². The number of ether oxygens (including phenoxy) is 1. The normalized spacial score (nSPS) is 10.1. The summed E-state index contributed by atoms with van der Waals surface area (Å²) in [5.41, 5.74) is 3.23. The molecule has 0 bridgehead atoms. The summed E-state index contributed by atoms with van der Waals surface area (Å²) >= 11 is 11.1. The fourth-order valence-corrected chi connectivity index (χ4v) is 2.98. The molecule has 0 heterocycles. The van der Waals surface area contributed by atoms with Crippen molar-refractivity contribution in [3.63, 3.8) is 0 Å². The van der Waals surface area contributed by atoms with Crippen molar-refractivity contribution in [3.05, 3.63) is 83.4 Å². The molecule has 0 saturated carbocycles. The molecule has 4 nitrogen and oxygen atoms in total. The van der Waals surface area contributed by atoms with Crippen molar-refractivity contribution in [1.29, 1.82) is 0 Å². The van der Waals surface area contributed by atoms with Gasteiger partial charge in [0.05, 0.1) is 7.11 Å². The fourth-order valence-electron chi connectivity index (χ4n) is 2.58. The van der Waals surface area contributed by atoms with Crippen LogP contribution < -0.4 is 15.4 Å². The number of para-hydroxylation sites is 1. The van der Waals surface area contributed by atoms with Gasteiger partial charge in [-0.1, -0.05) is 48.0 Å². The number of amides is 1. The maximum atomic E-state index is 12.2. The Kier molecular flexibility index (Phi) is 6.06. The van der Waals surface area contributed by atoms with Crippen molar-refractivity contribution in [2.24, 2.45) is 0 Å². The number of nitrogens with one attached hydrogen (secondary N) is 2. The highest BCUT2D eigenvalue weighted by Crippen LogP contribution is 2.30. The van der Waals surface area contributed by atoms with Gasteiger partial charge >= 0.3 is 0 Å². The van der Waals surface area contributed by atoms with Gasteiger partial charge in [0.15, 0.2) is 5.11 Å². The van der Waals surface area contributed by atoms with Crippen LogP contribution in [0.5, 0.6) is 5.75 Å². The van der Waals surface area contributed by atoms with E-state index in [4.69, 9.17) is 28.6 Å². The van der Waals surface area contributed by atoms with Crippen LogP contribution in [0.15, 0.2) is 72.8 Å². The minimum Gasteiger partial charge on any atom is -0.496 e. The quantitative estimate of drug-likeness (QED) is 0.599. The average molecular weight is 397 g/mol. The first kappa shape index (κ1) is 18.9. The van der Waals surface area contributed by atoms with Crippen LogP contribution in [0.3, 0.4) is 0 Å². The molecule has 3 rings (SSSR count). The molecule has 0 fully saturated rings. The molecular formula is C21H17ClN2O2S. The molecule has 0 unspecified atom stereocenters. The van der Waals surface area contributed by atoms with Gasteiger partial charge < -0.3 is 10.1 Å². The maximum absolute atomic E-state index is 12.2. The third kappa shape index (κ3) is 4.84. The molecule has 3 aromatic carbocycles. The van der Waals surface area contributed by atoms with E-state index in [0.29, 0.717) is 10.6 Å². The zero-order chi connectivity index (χ0) is 19.2. The van der Waals surface area contributed by atoms with Crippen LogP contribution in [0.1, 0.15) is 10.4 Å². The molecule has 1 amide bonds. The van der Waals surface area contributed by atoms with E-state index in [1.165, 1.54) is 0 Å². The Morgan fingerprint density at radius 3 is 2.44 bits per heavy atom. The highest BCUT2D eigenvalue weighted by atomic mass is 35.5. The highest BCUT2D eigenvalue weighted by molar-refractivity contribution is 7.80. The lowest BCUT2D eigenvalue weighted by Gasteiger charge is -2.11. The fraction of sp³-hybridized carbons (Fsp3) is 0.0476. The van der Waals surface area contributed by atoms with Gasteiger partial charge in [-0.15, -0.1) is 0 Å². The molecular weight excluding hydrogens is 380 g/mol. The summed E-state index contributed by atoms with van der Waals surface area (Å²) in [5, 5.41) is 6.35. The van der Waals surface area contributed by atoms with Crippen molar-refractivity contribution in [2.45, 2.75) is 0 Å². The Morgan fingerprint density at radius 1 is 1.00 bits per heavy atom. The SMILES string of the molecule is COc1ccccc1-c1ccc(NC(=S)NC(=O)c2cccc(Cl)c2)cc1. The molecule has 0 radical (unpaired) electrons. The molecule has 27 heavy (non-hydrogen) atoms. The van der Waals surface area contributed by atoms with Crippen molar-refractivity contribution in [2.75, 3.05) is 12.4 Å². The Bertz CT molecular complexity index is 974. The molecule has 0 aliphatic carbocycles. The smallest absolute Gasteiger partial charge is 0.257 e. The van der Waals surface area contributed by atoms with Crippen LogP contribution in [0.25, 0.3) is 11.1 Å². The highest BCUT2D eigenvalue weighted by Gasteiger charge is 2.09. The number of carbonyl (C=O) groups is 1. The molecule has 136 valence electrons. The third-order valence-corrected chi connectivity index (χ3v) is 4.31. The van der Waals surface area contributed by atoms with Gasteiger partial charge in [0, 0.05) is 21.8 Å². The summed E-state index contributed by atoms with van der Waals surface area (Å²) in [5.74, 6) is 0.489. The number of halogens is 1. The zero-order valence-electron chi connectivity index (χ0n) is 14.5. The minimum atomic E-state index is -0.319. The molecule has 6 heteroatoms. The summed E-state index contributed by atoms with van der Waals surface area (Å²) in [6.45, 7) is 0. The first-order chi connectivity index (χ1) is 13.1. The lowest BCUT2D eigenvalue weighted by molar-refractivity contribution is 0.0977. The molecule has 3 aromatic rings. The second-order valence-corrected chi connectivity index (χ2v) is 6.54. The van der Waals surface area contributed by atoms with E-state index in [-0.39, 0.29) is 11.0 Å². The summed E-state index contributed by atoms with van der Waals surface area (Å²) in [6, 6.07) is 22.2. The molecule has 2 N–H and O–H groups in total. The zero-order valence-corrected chi connectivity index (χ0v) is 16.1. The third-order valence-electron chi connectivity index (χ3n) is 3.87. The van der Waals surface area contributed by atoms with Crippen molar-refractivity contribution >= 4 is 40.5 Å². The largest absolute Gasteiger partial charge is 0.496 e. The van der Waals surface area contributed by atoms with E-state index >= 15 is 0 Å². The van der Waals surface area contributed by atoms with Crippen LogP contribution in [-0.4, -0.2) is 18.1 Å². The van der Waals surface area contributed by atoms with E-state index in [2.05, 4.69) is 10.6 Å². The predicted molar refractivity (Wildman–Crippen MR) is 114 cm³/mol. The van der Waals surface area contributed by atoms with E-state index < -0.39 is 0 Å². The second-order valence-electron chi connectivity index (χ2n) is 5.70. The minimum absolute atomic E-state index is 0.213. The van der Waals surface area contributed by atoms with Gasteiger partial charge in [0.25, 0.3) is 5.91 Å². The molecule has 0 aliphatic heterocycles. The standard InChI is InChI=1S/C21H17ClN2O2S/c1-26-19-8-3-2-7-18(19)14-9-11-17(12-10-14)23-21(27)24-20(25)15-5-4-6-16(22)13-15/h2-13H,1H3,(H2,23,24,25,27). The number of hydrogen-bond acceptors (Lipinski definition) is 3. The average Bonchev–Trinajstić information content (AvgIpc) is 2.68. The van der Waals surface area contributed by atoms with Gasteiger partial charge in [0.1, 0.15) is 5.75 Å². The maximum Gasteiger partial charge on any atom is 0.257 e. The van der Waals surface area contributed by atoms with Crippen LogP contribution in [0.2, 0.25) is 5.02 Å². The van der Waals surface area contributed by atoms with Crippen LogP contribution in [-0.2, 0) is 0 Å². The molecule has 0 atom stereocenters. The van der Waals surface area contributed by atoms with Gasteiger partial charge in [-0.25, -0.2) is 0 Å².